The van der Waals surface area contributed by atoms with Gasteiger partial charge in [-0.15, -0.1) is 0 Å². The van der Waals surface area contributed by atoms with E-state index in [1.165, 1.54) is 18.4 Å². The first-order chi connectivity index (χ1) is 8.84. The SMILES string of the molecule is Cc1nc(N2CCCC2)ncc1-c1ccccc1. The van der Waals surface area contributed by atoms with Crippen LogP contribution in [0.3, 0.4) is 0 Å². The van der Waals surface area contributed by atoms with E-state index in [1.54, 1.807) is 0 Å². The molecule has 1 aliphatic rings. The molecule has 2 heterocycles. The summed E-state index contributed by atoms with van der Waals surface area (Å²) in [5.74, 6) is 0.879. The van der Waals surface area contributed by atoms with Gasteiger partial charge in [-0.1, -0.05) is 30.3 Å². The number of nitrogens with zero attached hydrogens (tertiary/aromatic N) is 3. The molecular formula is C15H17N3. The predicted octanol–water partition coefficient (Wildman–Crippen LogP) is 3.05. The lowest BCUT2D eigenvalue weighted by Crippen LogP contribution is -2.20. The Labute approximate surface area is 108 Å². The minimum Gasteiger partial charge on any atom is -0.341 e. The highest BCUT2D eigenvalue weighted by Crippen LogP contribution is 2.23. The van der Waals surface area contributed by atoms with Crippen molar-refractivity contribution < 1.29 is 0 Å². The minimum atomic E-state index is 0.879. The quantitative estimate of drug-likeness (QED) is 0.806. The van der Waals surface area contributed by atoms with Gasteiger partial charge < -0.3 is 4.90 Å². The van der Waals surface area contributed by atoms with Crippen molar-refractivity contribution in [1.82, 2.24) is 9.97 Å². The van der Waals surface area contributed by atoms with Crippen molar-refractivity contribution in [2.45, 2.75) is 19.8 Å². The van der Waals surface area contributed by atoms with Crippen molar-refractivity contribution in [1.29, 1.82) is 0 Å². The lowest BCUT2D eigenvalue weighted by atomic mass is 10.1. The Morgan fingerprint density at radius 2 is 1.78 bits per heavy atom. The molecule has 0 amide bonds. The smallest absolute Gasteiger partial charge is 0.225 e. The van der Waals surface area contributed by atoms with Gasteiger partial charge in [0.2, 0.25) is 5.95 Å². The van der Waals surface area contributed by atoms with E-state index in [2.05, 4.69) is 33.9 Å². The van der Waals surface area contributed by atoms with Crippen LogP contribution in [0.25, 0.3) is 11.1 Å². The molecule has 1 aliphatic heterocycles. The largest absolute Gasteiger partial charge is 0.341 e. The van der Waals surface area contributed by atoms with Crippen molar-refractivity contribution in [2.24, 2.45) is 0 Å². The Bertz CT molecular complexity index is 531. The molecule has 1 saturated heterocycles. The van der Waals surface area contributed by atoms with Crippen LogP contribution in [0.5, 0.6) is 0 Å². The Kier molecular flexibility index (Phi) is 2.97. The number of anilines is 1. The molecule has 3 heteroatoms. The van der Waals surface area contributed by atoms with Crippen LogP contribution in [-0.2, 0) is 0 Å². The van der Waals surface area contributed by atoms with E-state index in [-0.39, 0.29) is 0 Å². The van der Waals surface area contributed by atoms with Crippen molar-refractivity contribution in [2.75, 3.05) is 18.0 Å². The fourth-order valence-corrected chi connectivity index (χ4v) is 2.43. The molecule has 3 rings (SSSR count). The van der Waals surface area contributed by atoms with Crippen molar-refractivity contribution in [3.05, 3.63) is 42.2 Å². The van der Waals surface area contributed by atoms with Gasteiger partial charge in [0.05, 0.1) is 5.69 Å². The lowest BCUT2D eigenvalue weighted by molar-refractivity contribution is 0.890. The summed E-state index contributed by atoms with van der Waals surface area (Å²) < 4.78 is 0. The van der Waals surface area contributed by atoms with E-state index in [0.29, 0.717) is 0 Å². The van der Waals surface area contributed by atoms with Crippen molar-refractivity contribution >= 4 is 5.95 Å². The third-order valence-corrected chi connectivity index (χ3v) is 3.44. The summed E-state index contributed by atoms with van der Waals surface area (Å²) in [6.45, 7) is 4.23. The van der Waals surface area contributed by atoms with E-state index < -0.39 is 0 Å². The molecule has 1 fully saturated rings. The highest BCUT2D eigenvalue weighted by Gasteiger charge is 2.15. The van der Waals surface area contributed by atoms with Crippen LogP contribution >= 0.6 is 0 Å². The molecule has 0 aliphatic carbocycles. The van der Waals surface area contributed by atoms with E-state index >= 15 is 0 Å². The zero-order valence-electron chi connectivity index (χ0n) is 10.6. The second kappa shape index (κ2) is 4.77. The van der Waals surface area contributed by atoms with E-state index in [4.69, 9.17) is 0 Å². The van der Waals surface area contributed by atoms with Crippen LogP contribution in [0.2, 0.25) is 0 Å². The lowest BCUT2D eigenvalue weighted by Gasteiger charge is -2.16. The van der Waals surface area contributed by atoms with E-state index in [9.17, 15) is 0 Å². The van der Waals surface area contributed by atoms with Gasteiger partial charge in [-0.25, -0.2) is 9.97 Å². The zero-order valence-corrected chi connectivity index (χ0v) is 10.6. The maximum atomic E-state index is 4.65. The summed E-state index contributed by atoms with van der Waals surface area (Å²) in [7, 11) is 0. The molecule has 3 nitrogen and oxygen atoms in total. The molecule has 0 N–H and O–H groups in total. The molecular weight excluding hydrogens is 222 g/mol. The van der Waals surface area contributed by atoms with Gasteiger partial charge >= 0.3 is 0 Å². The molecule has 0 radical (unpaired) electrons. The summed E-state index contributed by atoms with van der Waals surface area (Å²) >= 11 is 0. The summed E-state index contributed by atoms with van der Waals surface area (Å²) in [5.41, 5.74) is 3.36. The van der Waals surface area contributed by atoms with E-state index in [0.717, 1.165) is 30.3 Å². The van der Waals surface area contributed by atoms with Gasteiger partial charge in [0.1, 0.15) is 0 Å². The van der Waals surface area contributed by atoms with Crippen molar-refractivity contribution in [3.8, 4) is 11.1 Å². The van der Waals surface area contributed by atoms with Crippen molar-refractivity contribution in [3.63, 3.8) is 0 Å². The Balaban J connectivity index is 1.94. The maximum absolute atomic E-state index is 4.65. The van der Waals surface area contributed by atoms with Crippen LogP contribution < -0.4 is 4.90 Å². The topological polar surface area (TPSA) is 29.0 Å². The highest BCUT2D eigenvalue weighted by atomic mass is 15.3. The van der Waals surface area contributed by atoms with Gasteiger partial charge in [0.25, 0.3) is 0 Å². The normalized spacial score (nSPS) is 15.1. The number of rotatable bonds is 2. The molecule has 0 atom stereocenters. The molecule has 0 unspecified atom stereocenters. The first-order valence-corrected chi connectivity index (χ1v) is 6.48. The van der Waals surface area contributed by atoms with E-state index in [1.807, 2.05) is 24.4 Å². The summed E-state index contributed by atoms with van der Waals surface area (Å²) in [4.78, 5) is 11.4. The second-order valence-corrected chi connectivity index (χ2v) is 4.73. The molecule has 18 heavy (non-hydrogen) atoms. The second-order valence-electron chi connectivity index (χ2n) is 4.73. The van der Waals surface area contributed by atoms with Crippen LogP contribution in [0.15, 0.2) is 36.5 Å². The third-order valence-electron chi connectivity index (χ3n) is 3.44. The molecule has 0 saturated carbocycles. The van der Waals surface area contributed by atoms with Gasteiger partial charge in [0.15, 0.2) is 0 Å². The van der Waals surface area contributed by atoms with Crippen LogP contribution in [0, 0.1) is 6.92 Å². The fourth-order valence-electron chi connectivity index (χ4n) is 2.43. The third kappa shape index (κ3) is 2.08. The Morgan fingerprint density at radius 1 is 1.06 bits per heavy atom. The maximum Gasteiger partial charge on any atom is 0.225 e. The molecule has 1 aromatic heterocycles. The number of aryl methyl sites for hydroxylation is 1. The molecule has 0 bridgehead atoms. The van der Waals surface area contributed by atoms with Gasteiger partial charge in [-0.05, 0) is 25.3 Å². The van der Waals surface area contributed by atoms with Crippen LogP contribution in [0.4, 0.5) is 5.95 Å². The van der Waals surface area contributed by atoms with Gasteiger partial charge in [0, 0.05) is 24.8 Å². The average molecular weight is 239 g/mol. The average Bonchev–Trinajstić information content (AvgIpc) is 2.93. The Morgan fingerprint density at radius 3 is 2.44 bits per heavy atom. The van der Waals surface area contributed by atoms with Gasteiger partial charge in [-0.3, -0.25) is 0 Å². The number of hydrogen-bond acceptors (Lipinski definition) is 3. The first kappa shape index (κ1) is 11.2. The number of hydrogen-bond donors (Lipinski definition) is 0. The molecule has 0 spiro atoms. The Hall–Kier alpha value is -1.90. The van der Waals surface area contributed by atoms with Gasteiger partial charge in [-0.2, -0.15) is 0 Å². The summed E-state index contributed by atoms with van der Waals surface area (Å²) in [5, 5.41) is 0. The van der Waals surface area contributed by atoms with Crippen LogP contribution in [-0.4, -0.2) is 23.1 Å². The number of benzene rings is 1. The fraction of sp³-hybridized carbons (Fsp3) is 0.333. The predicted molar refractivity (Wildman–Crippen MR) is 73.7 cm³/mol. The number of aromatic nitrogens is 2. The monoisotopic (exact) mass is 239 g/mol. The molecule has 2 aromatic rings. The summed E-state index contributed by atoms with van der Waals surface area (Å²) in [6.07, 6.45) is 4.46. The standard InChI is InChI=1S/C15H17N3/c1-12-14(13-7-3-2-4-8-13)11-16-15(17-12)18-9-5-6-10-18/h2-4,7-8,11H,5-6,9-10H2,1H3. The zero-order chi connectivity index (χ0) is 12.4. The minimum absolute atomic E-state index is 0.879. The highest BCUT2D eigenvalue weighted by molar-refractivity contribution is 5.65. The molecule has 92 valence electrons. The first-order valence-electron chi connectivity index (χ1n) is 6.48. The van der Waals surface area contributed by atoms with Crippen LogP contribution in [0.1, 0.15) is 18.5 Å². The summed E-state index contributed by atoms with van der Waals surface area (Å²) in [6, 6.07) is 10.3. The molecule has 1 aromatic carbocycles.